The van der Waals surface area contributed by atoms with Crippen LogP contribution in [0.5, 0.6) is 0 Å². The Morgan fingerprint density at radius 3 is 2.39 bits per heavy atom. The Labute approximate surface area is 152 Å². The van der Waals surface area contributed by atoms with Gasteiger partial charge in [-0.05, 0) is 31.4 Å². The van der Waals surface area contributed by atoms with Crippen LogP contribution in [0.15, 0.2) is 24.3 Å². The number of rotatable bonds is 5. The molecule has 0 aliphatic carbocycles. The van der Waals surface area contributed by atoms with Gasteiger partial charge in [0.25, 0.3) is 0 Å². The van der Waals surface area contributed by atoms with Gasteiger partial charge in [0, 0.05) is 13.1 Å². The molecule has 6 heteroatoms. The molecule has 1 aliphatic heterocycles. The van der Waals surface area contributed by atoms with E-state index in [0.29, 0.717) is 0 Å². The van der Waals surface area contributed by atoms with Gasteiger partial charge in [0.15, 0.2) is 0 Å². The fraction of sp³-hybridized carbons (Fsp3) is 0.588. The van der Waals surface area contributed by atoms with Gasteiger partial charge in [-0.1, -0.05) is 38.3 Å². The zero-order chi connectivity index (χ0) is 15.1. The first-order valence-corrected chi connectivity index (χ1v) is 8.12. The molecular formula is C17H29Cl2N3O. The summed E-state index contributed by atoms with van der Waals surface area (Å²) in [5.41, 5.74) is 7.91. The molecular weight excluding hydrogens is 333 g/mol. The second-order valence-corrected chi connectivity index (χ2v) is 5.80. The van der Waals surface area contributed by atoms with Gasteiger partial charge in [0.2, 0.25) is 5.91 Å². The molecule has 1 heterocycles. The van der Waals surface area contributed by atoms with E-state index in [2.05, 4.69) is 16.3 Å². The number of carbonyl (C=O) groups excluding carboxylic acids is 1. The lowest BCUT2D eigenvalue weighted by Crippen LogP contribution is -2.36. The van der Waals surface area contributed by atoms with Crippen LogP contribution >= 0.6 is 24.8 Å². The van der Waals surface area contributed by atoms with E-state index in [-0.39, 0.29) is 30.7 Å². The molecule has 1 unspecified atom stereocenters. The van der Waals surface area contributed by atoms with Crippen LogP contribution in [-0.4, -0.2) is 25.0 Å². The SMILES string of the molecule is CCCC(N)C(=O)Nc1ccccc1N1CCCCCC1.Cl.Cl. The van der Waals surface area contributed by atoms with Crippen molar-refractivity contribution in [2.75, 3.05) is 23.3 Å². The number of amides is 1. The summed E-state index contributed by atoms with van der Waals surface area (Å²) < 4.78 is 0. The predicted molar refractivity (Wildman–Crippen MR) is 103 cm³/mol. The van der Waals surface area contributed by atoms with Crippen LogP contribution in [0.1, 0.15) is 45.4 Å². The predicted octanol–water partition coefficient (Wildman–Crippen LogP) is 3.98. The van der Waals surface area contributed by atoms with E-state index in [1.807, 2.05) is 25.1 Å². The van der Waals surface area contributed by atoms with Gasteiger partial charge in [0.1, 0.15) is 0 Å². The second kappa shape index (κ2) is 11.5. The fourth-order valence-electron chi connectivity index (χ4n) is 2.83. The van der Waals surface area contributed by atoms with Crippen molar-refractivity contribution in [1.29, 1.82) is 0 Å². The molecule has 4 nitrogen and oxygen atoms in total. The first-order chi connectivity index (χ1) is 10.2. The maximum absolute atomic E-state index is 12.2. The smallest absolute Gasteiger partial charge is 0.241 e. The number of nitrogens with two attached hydrogens (primary N) is 1. The zero-order valence-electron chi connectivity index (χ0n) is 13.8. The number of hydrogen-bond acceptors (Lipinski definition) is 3. The highest BCUT2D eigenvalue weighted by atomic mass is 35.5. The van der Waals surface area contributed by atoms with Gasteiger partial charge in [-0.3, -0.25) is 4.79 Å². The molecule has 132 valence electrons. The Bertz CT molecular complexity index is 463. The lowest BCUT2D eigenvalue weighted by atomic mass is 10.1. The largest absolute Gasteiger partial charge is 0.370 e. The normalized spacial score (nSPS) is 15.7. The summed E-state index contributed by atoms with van der Waals surface area (Å²) >= 11 is 0. The molecule has 1 saturated heterocycles. The number of carbonyl (C=O) groups is 1. The third kappa shape index (κ3) is 6.58. The maximum Gasteiger partial charge on any atom is 0.241 e. The highest BCUT2D eigenvalue weighted by Crippen LogP contribution is 2.28. The van der Waals surface area contributed by atoms with Crippen molar-refractivity contribution in [3.05, 3.63) is 24.3 Å². The first kappa shape index (κ1) is 22.0. The van der Waals surface area contributed by atoms with E-state index in [0.717, 1.165) is 37.3 Å². The molecule has 23 heavy (non-hydrogen) atoms. The molecule has 0 bridgehead atoms. The molecule has 0 radical (unpaired) electrons. The Kier molecular flexibility index (Phi) is 11.1. The highest BCUT2D eigenvalue weighted by Gasteiger charge is 2.17. The molecule has 0 aromatic heterocycles. The molecule has 1 aromatic rings. The summed E-state index contributed by atoms with van der Waals surface area (Å²) in [6.45, 7) is 4.17. The fourth-order valence-corrected chi connectivity index (χ4v) is 2.83. The van der Waals surface area contributed by atoms with Crippen molar-refractivity contribution in [2.45, 2.75) is 51.5 Å². The number of halogens is 2. The number of hydrogen-bond donors (Lipinski definition) is 2. The number of para-hydroxylation sites is 2. The van der Waals surface area contributed by atoms with E-state index in [9.17, 15) is 4.79 Å². The summed E-state index contributed by atoms with van der Waals surface area (Å²) in [5, 5.41) is 3.01. The summed E-state index contributed by atoms with van der Waals surface area (Å²) in [6, 6.07) is 7.62. The van der Waals surface area contributed by atoms with Gasteiger partial charge in [-0.25, -0.2) is 0 Å². The minimum atomic E-state index is -0.424. The number of nitrogens with one attached hydrogen (secondary N) is 1. The van der Waals surface area contributed by atoms with Crippen LogP contribution < -0.4 is 16.0 Å². The molecule has 1 atom stereocenters. The van der Waals surface area contributed by atoms with Crippen LogP contribution in [0.25, 0.3) is 0 Å². The van der Waals surface area contributed by atoms with Crippen LogP contribution in [0.2, 0.25) is 0 Å². The van der Waals surface area contributed by atoms with Crippen molar-refractivity contribution in [1.82, 2.24) is 0 Å². The minimum absolute atomic E-state index is 0. The molecule has 1 amide bonds. The average Bonchev–Trinajstić information content (AvgIpc) is 2.77. The van der Waals surface area contributed by atoms with E-state index in [1.165, 1.54) is 25.7 Å². The standard InChI is InChI=1S/C17H27N3O.2ClH/c1-2-9-14(18)17(21)19-15-10-5-6-11-16(15)20-12-7-3-4-8-13-20;;/h5-6,10-11,14H,2-4,7-9,12-13,18H2,1H3,(H,19,21);2*1H. The molecule has 0 spiro atoms. The van der Waals surface area contributed by atoms with Gasteiger partial charge in [-0.2, -0.15) is 0 Å². The average molecular weight is 362 g/mol. The number of benzene rings is 1. The Hall–Kier alpha value is -0.970. The second-order valence-electron chi connectivity index (χ2n) is 5.80. The maximum atomic E-state index is 12.2. The molecule has 0 saturated carbocycles. The van der Waals surface area contributed by atoms with E-state index in [1.54, 1.807) is 0 Å². The van der Waals surface area contributed by atoms with Crippen molar-refractivity contribution in [3.8, 4) is 0 Å². The molecule has 1 aliphatic rings. The van der Waals surface area contributed by atoms with Gasteiger partial charge in [-0.15, -0.1) is 24.8 Å². The molecule has 1 aromatic carbocycles. The lowest BCUT2D eigenvalue weighted by molar-refractivity contribution is -0.117. The Morgan fingerprint density at radius 2 is 1.78 bits per heavy atom. The van der Waals surface area contributed by atoms with Crippen LogP contribution in [0.4, 0.5) is 11.4 Å². The van der Waals surface area contributed by atoms with Crippen molar-refractivity contribution in [2.24, 2.45) is 5.73 Å². The van der Waals surface area contributed by atoms with Crippen LogP contribution in [0, 0.1) is 0 Å². The van der Waals surface area contributed by atoms with Crippen LogP contribution in [0.3, 0.4) is 0 Å². The summed E-state index contributed by atoms with van der Waals surface area (Å²) in [5.74, 6) is -0.0841. The topological polar surface area (TPSA) is 58.4 Å². The Balaban J connectivity index is 0.00000242. The van der Waals surface area contributed by atoms with E-state index in [4.69, 9.17) is 5.73 Å². The zero-order valence-corrected chi connectivity index (χ0v) is 15.4. The number of nitrogens with zero attached hydrogens (tertiary/aromatic N) is 1. The van der Waals surface area contributed by atoms with Crippen molar-refractivity contribution in [3.63, 3.8) is 0 Å². The van der Waals surface area contributed by atoms with Crippen LogP contribution in [-0.2, 0) is 4.79 Å². The Morgan fingerprint density at radius 1 is 1.17 bits per heavy atom. The quantitative estimate of drug-likeness (QED) is 0.833. The molecule has 3 N–H and O–H groups in total. The molecule has 1 fully saturated rings. The minimum Gasteiger partial charge on any atom is -0.370 e. The third-order valence-corrected chi connectivity index (χ3v) is 4.05. The van der Waals surface area contributed by atoms with E-state index < -0.39 is 6.04 Å². The van der Waals surface area contributed by atoms with Gasteiger partial charge < -0.3 is 16.0 Å². The monoisotopic (exact) mass is 361 g/mol. The first-order valence-electron chi connectivity index (χ1n) is 8.12. The van der Waals surface area contributed by atoms with E-state index >= 15 is 0 Å². The summed E-state index contributed by atoms with van der Waals surface area (Å²) in [4.78, 5) is 14.5. The number of anilines is 2. The summed E-state index contributed by atoms with van der Waals surface area (Å²) in [6.07, 6.45) is 6.67. The van der Waals surface area contributed by atoms with Gasteiger partial charge in [0.05, 0.1) is 17.4 Å². The van der Waals surface area contributed by atoms with Gasteiger partial charge >= 0.3 is 0 Å². The van der Waals surface area contributed by atoms with Crippen molar-refractivity contribution < 1.29 is 4.79 Å². The summed E-state index contributed by atoms with van der Waals surface area (Å²) in [7, 11) is 0. The van der Waals surface area contributed by atoms with Crippen molar-refractivity contribution >= 4 is 42.1 Å². The molecule has 2 rings (SSSR count). The third-order valence-electron chi connectivity index (χ3n) is 4.05. The highest BCUT2D eigenvalue weighted by molar-refractivity contribution is 5.97. The lowest BCUT2D eigenvalue weighted by Gasteiger charge is -2.26.